The van der Waals surface area contributed by atoms with Crippen molar-refractivity contribution in [3.05, 3.63) is 64.3 Å². The van der Waals surface area contributed by atoms with Crippen LogP contribution in [0.15, 0.2) is 47.4 Å². The van der Waals surface area contributed by atoms with E-state index in [2.05, 4.69) is 34.2 Å². The largest absolute Gasteiger partial charge is 0.475 e. The third-order valence-corrected chi connectivity index (χ3v) is 5.51. The standard InChI is InChI=1S/C23H23N3O4/c1-15-10-17(4-6-24-15)16-2-3-20-18(11-16)5-7-26-21(20)12-22(25-23(26)27)30-14-19-13-28-8-9-29-19/h2-4,6,10-12,19H,5,7-9,13-14H2,1H3. The highest BCUT2D eigenvalue weighted by molar-refractivity contribution is 5.73. The first-order chi connectivity index (χ1) is 14.7. The Balaban J connectivity index is 1.45. The minimum atomic E-state index is -0.289. The molecule has 3 aromatic rings. The van der Waals surface area contributed by atoms with Crippen molar-refractivity contribution in [2.45, 2.75) is 26.0 Å². The van der Waals surface area contributed by atoms with E-state index in [1.54, 1.807) is 4.57 Å². The van der Waals surface area contributed by atoms with Crippen molar-refractivity contribution in [2.75, 3.05) is 26.4 Å². The molecule has 4 heterocycles. The van der Waals surface area contributed by atoms with Gasteiger partial charge < -0.3 is 14.2 Å². The fourth-order valence-corrected chi connectivity index (χ4v) is 4.00. The Morgan fingerprint density at radius 3 is 2.90 bits per heavy atom. The molecule has 0 radical (unpaired) electrons. The van der Waals surface area contributed by atoms with Crippen LogP contribution in [0.3, 0.4) is 0 Å². The third kappa shape index (κ3) is 3.74. The number of ether oxygens (including phenoxy) is 3. The van der Waals surface area contributed by atoms with Crippen LogP contribution in [0, 0.1) is 6.92 Å². The molecular weight excluding hydrogens is 382 g/mol. The molecule has 0 N–H and O–H groups in total. The maximum atomic E-state index is 12.6. The van der Waals surface area contributed by atoms with Gasteiger partial charge in [-0.15, -0.1) is 0 Å². The van der Waals surface area contributed by atoms with Gasteiger partial charge in [-0.1, -0.05) is 18.2 Å². The fourth-order valence-electron chi connectivity index (χ4n) is 4.00. The first-order valence-corrected chi connectivity index (χ1v) is 10.2. The lowest BCUT2D eigenvalue weighted by atomic mass is 9.93. The number of aryl methyl sites for hydroxylation is 2. The van der Waals surface area contributed by atoms with Crippen LogP contribution in [0.25, 0.3) is 22.4 Å². The van der Waals surface area contributed by atoms with Crippen molar-refractivity contribution in [2.24, 2.45) is 0 Å². The smallest absolute Gasteiger partial charge is 0.351 e. The number of benzene rings is 1. The highest BCUT2D eigenvalue weighted by atomic mass is 16.6. The molecule has 154 valence electrons. The van der Waals surface area contributed by atoms with E-state index in [1.165, 1.54) is 5.56 Å². The second kappa shape index (κ2) is 8.01. The molecule has 7 nitrogen and oxygen atoms in total. The summed E-state index contributed by atoms with van der Waals surface area (Å²) < 4.78 is 18.5. The van der Waals surface area contributed by atoms with Crippen molar-refractivity contribution in [3.8, 4) is 28.3 Å². The van der Waals surface area contributed by atoms with Crippen LogP contribution in [0.4, 0.5) is 0 Å². The summed E-state index contributed by atoms with van der Waals surface area (Å²) >= 11 is 0. The van der Waals surface area contributed by atoms with Gasteiger partial charge in [0, 0.05) is 30.1 Å². The molecule has 1 atom stereocenters. The van der Waals surface area contributed by atoms with E-state index < -0.39 is 0 Å². The number of rotatable bonds is 4. The molecule has 0 bridgehead atoms. The average molecular weight is 405 g/mol. The van der Waals surface area contributed by atoms with Gasteiger partial charge >= 0.3 is 5.69 Å². The second-order valence-corrected chi connectivity index (χ2v) is 7.60. The molecule has 0 amide bonds. The van der Waals surface area contributed by atoms with Gasteiger partial charge in [-0.25, -0.2) is 4.79 Å². The van der Waals surface area contributed by atoms with Gasteiger partial charge in [0.15, 0.2) is 0 Å². The van der Waals surface area contributed by atoms with Gasteiger partial charge in [0.05, 0.1) is 25.5 Å². The molecule has 5 rings (SSSR count). The van der Waals surface area contributed by atoms with E-state index in [0.717, 1.165) is 34.5 Å². The van der Waals surface area contributed by atoms with E-state index >= 15 is 0 Å². The van der Waals surface area contributed by atoms with Crippen LogP contribution in [-0.2, 0) is 22.4 Å². The third-order valence-electron chi connectivity index (χ3n) is 5.51. The summed E-state index contributed by atoms with van der Waals surface area (Å²) in [4.78, 5) is 21.0. The molecule has 0 saturated carbocycles. The lowest BCUT2D eigenvalue weighted by Crippen LogP contribution is -2.34. The predicted octanol–water partition coefficient (Wildman–Crippen LogP) is 2.63. The zero-order chi connectivity index (χ0) is 20.5. The van der Waals surface area contributed by atoms with Crippen LogP contribution in [-0.4, -0.2) is 47.1 Å². The normalized spacial score (nSPS) is 17.8. The summed E-state index contributed by atoms with van der Waals surface area (Å²) in [6.07, 6.45) is 2.47. The number of nitrogens with zero attached hydrogens (tertiary/aromatic N) is 3. The topological polar surface area (TPSA) is 75.5 Å². The van der Waals surface area contributed by atoms with E-state index in [9.17, 15) is 4.79 Å². The summed E-state index contributed by atoms with van der Waals surface area (Å²) in [6, 6.07) is 12.3. The van der Waals surface area contributed by atoms with E-state index in [4.69, 9.17) is 14.2 Å². The zero-order valence-corrected chi connectivity index (χ0v) is 16.8. The van der Waals surface area contributed by atoms with Crippen molar-refractivity contribution < 1.29 is 14.2 Å². The molecule has 0 spiro atoms. The van der Waals surface area contributed by atoms with E-state index in [-0.39, 0.29) is 11.8 Å². The Bertz CT molecular complexity index is 1140. The number of hydrogen-bond acceptors (Lipinski definition) is 6. The molecule has 2 aliphatic rings. The molecule has 7 heteroatoms. The predicted molar refractivity (Wildman–Crippen MR) is 112 cm³/mol. The van der Waals surface area contributed by atoms with Gasteiger partial charge in [0.1, 0.15) is 12.7 Å². The Morgan fingerprint density at radius 2 is 2.07 bits per heavy atom. The Labute approximate surface area is 174 Å². The van der Waals surface area contributed by atoms with Crippen LogP contribution in [0.1, 0.15) is 11.3 Å². The first-order valence-electron chi connectivity index (χ1n) is 10.2. The fraction of sp³-hybridized carbons (Fsp3) is 0.348. The van der Waals surface area contributed by atoms with Gasteiger partial charge in [0.2, 0.25) is 5.88 Å². The van der Waals surface area contributed by atoms with E-state index in [0.29, 0.717) is 38.9 Å². The molecule has 1 saturated heterocycles. The maximum Gasteiger partial charge on any atom is 0.351 e. The summed E-state index contributed by atoms with van der Waals surface area (Å²) in [5, 5.41) is 0. The minimum Gasteiger partial charge on any atom is -0.475 e. The highest BCUT2D eigenvalue weighted by Crippen LogP contribution is 2.33. The van der Waals surface area contributed by atoms with Crippen molar-refractivity contribution in [1.82, 2.24) is 14.5 Å². The van der Waals surface area contributed by atoms with Crippen molar-refractivity contribution in [3.63, 3.8) is 0 Å². The van der Waals surface area contributed by atoms with Gasteiger partial charge in [-0.2, -0.15) is 4.98 Å². The second-order valence-electron chi connectivity index (χ2n) is 7.60. The van der Waals surface area contributed by atoms with Crippen LogP contribution >= 0.6 is 0 Å². The maximum absolute atomic E-state index is 12.6. The van der Waals surface area contributed by atoms with Crippen molar-refractivity contribution in [1.29, 1.82) is 0 Å². The summed E-state index contributed by atoms with van der Waals surface area (Å²) in [6.45, 7) is 4.55. The summed E-state index contributed by atoms with van der Waals surface area (Å²) in [5.74, 6) is 0.321. The number of aromatic nitrogens is 3. The molecule has 2 aromatic heterocycles. The Morgan fingerprint density at radius 1 is 1.17 bits per heavy atom. The Hall–Kier alpha value is -3.03. The minimum absolute atomic E-state index is 0.141. The first kappa shape index (κ1) is 19.0. The molecule has 30 heavy (non-hydrogen) atoms. The number of hydrogen-bond donors (Lipinski definition) is 0. The number of fused-ring (bicyclic) bond motifs is 3. The zero-order valence-electron chi connectivity index (χ0n) is 16.8. The lowest BCUT2D eigenvalue weighted by Gasteiger charge is -2.24. The Kier molecular flexibility index (Phi) is 5.06. The lowest BCUT2D eigenvalue weighted by molar-refractivity contribution is -0.102. The van der Waals surface area contributed by atoms with Gasteiger partial charge in [0.25, 0.3) is 0 Å². The SMILES string of the molecule is Cc1cc(-c2ccc3c(c2)CCn2c-3cc(OCC3COCCO3)nc2=O)ccn1. The summed E-state index contributed by atoms with van der Waals surface area (Å²) in [7, 11) is 0. The van der Waals surface area contributed by atoms with Gasteiger partial charge in [-0.05, 0) is 42.2 Å². The molecule has 1 fully saturated rings. The highest BCUT2D eigenvalue weighted by Gasteiger charge is 2.21. The summed E-state index contributed by atoms with van der Waals surface area (Å²) in [5.41, 5.74) is 6.08. The molecule has 2 aliphatic heterocycles. The molecule has 1 aromatic carbocycles. The van der Waals surface area contributed by atoms with Crippen molar-refractivity contribution >= 4 is 0 Å². The average Bonchev–Trinajstić information content (AvgIpc) is 2.78. The number of pyridine rings is 1. The van der Waals surface area contributed by atoms with Crippen LogP contribution in [0.5, 0.6) is 5.88 Å². The molecule has 1 unspecified atom stereocenters. The molecule has 0 aliphatic carbocycles. The van der Waals surface area contributed by atoms with Crippen LogP contribution < -0.4 is 10.4 Å². The monoisotopic (exact) mass is 405 g/mol. The van der Waals surface area contributed by atoms with Crippen LogP contribution in [0.2, 0.25) is 0 Å². The quantitative estimate of drug-likeness (QED) is 0.664. The van der Waals surface area contributed by atoms with Gasteiger partial charge in [-0.3, -0.25) is 9.55 Å². The van der Waals surface area contributed by atoms with E-state index in [1.807, 2.05) is 25.3 Å². The molecular formula is C23H23N3O4.